The Morgan fingerprint density at radius 3 is 2.52 bits per heavy atom. The van der Waals surface area contributed by atoms with Gasteiger partial charge in [-0.2, -0.15) is 0 Å². The molecule has 0 fully saturated rings. The van der Waals surface area contributed by atoms with Gasteiger partial charge in [-0.3, -0.25) is 14.7 Å². The summed E-state index contributed by atoms with van der Waals surface area (Å²) in [6.45, 7) is 0.370. The Hall–Kier alpha value is -3.21. The number of amides is 1. The zero-order valence-corrected chi connectivity index (χ0v) is 14.2. The summed E-state index contributed by atoms with van der Waals surface area (Å²) >= 11 is 0. The zero-order chi connectivity index (χ0) is 17.4. The third kappa shape index (κ3) is 2.63. The summed E-state index contributed by atoms with van der Waals surface area (Å²) in [6, 6.07) is 17.9. The summed E-state index contributed by atoms with van der Waals surface area (Å²) in [5, 5.41) is 0. The van der Waals surface area contributed by atoms with Crippen molar-refractivity contribution < 1.29 is 4.79 Å². The largest absolute Gasteiger partial charge is 0.382 e. The van der Waals surface area contributed by atoms with Gasteiger partial charge in [0.05, 0.1) is 17.9 Å². The van der Waals surface area contributed by atoms with Gasteiger partial charge in [0.15, 0.2) is 0 Å². The monoisotopic (exact) mass is 330 g/mol. The van der Waals surface area contributed by atoms with Crippen LogP contribution in [0.5, 0.6) is 0 Å². The number of carbonyl (C=O) groups is 1. The van der Waals surface area contributed by atoms with Crippen LogP contribution in [0.15, 0.2) is 76.5 Å². The summed E-state index contributed by atoms with van der Waals surface area (Å²) in [6.07, 6.45) is 1.74. The quantitative estimate of drug-likeness (QED) is 0.795. The van der Waals surface area contributed by atoms with Crippen LogP contribution in [-0.4, -0.2) is 43.0 Å². The van der Waals surface area contributed by atoms with Gasteiger partial charge < -0.3 is 4.90 Å². The number of amidine groups is 1. The molecule has 0 spiro atoms. The van der Waals surface area contributed by atoms with E-state index >= 15 is 0 Å². The van der Waals surface area contributed by atoms with Gasteiger partial charge in [0.25, 0.3) is 5.91 Å². The number of fused-ring (bicyclic) bond motifs is 3. The summed E-state index contributed by atoms with van der Waals surface area (Å²) in [5.41, 5.74) is 4.13. The molecule has 0 unspecified atom stereocenters. The van der Waals surface area contributed by atoms with Gasteiger partial charge in [-0.25, -0.2) is 4.99 Å². The highest BCUT2D eigenvalue weighted by Gasteiger charge is 2.35. The topological polar surface area (TPSA) is 48.3 Å². The van der Waals surface area contributed by atoms with Crippen molar-refractivity contribution in [2.24, 2.45) is 9.98 Å². The van der Waals surface area contributed by atoms with Crippen LogP contribution in [0.2, 0.25) is 0 Å². The Morgan fingerprint density at radius 2 is 1.76 bits per heavy atom. The molecule has 124 valence electrons. The van der Waals surface area contributed by atoms with E-state index in [2.05, 4.69) is 4.99 Å². The van der Waals surface area contributed by atoms with Crippen molar-refractivity contribution in [2.75, 3.05) is 25.5 Å². The Balaban J connectivity index is 1.88. The number of carbonyl (C=O) groups excluding carboxylic acids is 1. The van der Waals surface area contributed by atoms with Crippen LogP contribution in [0.4, 0.5) is 5.69 Å². The average Bonchev–Trinajstić information content (AvgIpc) is 2.82. The van der Waals surface area contributed by atoms with E-state index in [9.17, 15) is 4.79 Å². The smallest absolute Gasteiger partial charge is 0.284 e. The van der Waals surface area contributed by atoms with Crippen molar-refractivity contribution in [2.45, 2.75) is 0 Å². The van der Waals surface area contributed by atoms with E-state index in [1.807, 2.05) is 73.6 Å². The van der Waals surface area contributed by atoms with E-state index in [1.54, 1.807) is 11.1 Å². The number of aliphatic imine (C=N–C) groups is 2. The third-order valence-electron chi connectivity index (χ3n) is 4.14. The van der Waals surface area contributed by atoms with Gasteiger partial charge in [0.2, 0.25) is 0 Å². The highest BCUT2D eigenvalue weighted by Crippen LogP contribution is 2.31. The van der Waals surface area contributed by atoms with E-state index in [4.69, 9.17) is 4.99 Å². The standard InChI is InChI=1S/C20H18N4O/c1-23(2)13-16-20(25)24-17-11-7-6-10-15(17)19(21-12-18(24)22-16)14-8-4-3-5-9-14/h3-11,13H,12H2,1-2H3. The number of benzene rings is 2. The Kier molecular flexibility index (Phi) is 3.69. The van der Waals surface area contributed by atoms with E-state index in [0.717, 1.165) is 22.5 Å². The molecule has 2 heterocycles. The fourth-order valence-corrected chi connectivity index (χ4v) is 3.10. The van der Waals surface area contributed by atoms with Crippen LogP contribution in [0.25, 0.3) is 0 Å². The summed E-state index contributed by atoms with van der Waals surface area (Å²) in [5.74, 6) is 0.553. The molecule has 0 N–H and O–H groups in total. The molecular formula is C20H18N4O. The van der Waals surface area contributed by atoms with E-state index < -0.39 is 0 Å². The molecule has 0 saturated heterocycles. The predicted octanol–water partition coefficient (Wildman–Crippen LogP) is 2.69. The molecule has 2 aromatic carbocycles. The normalized spacial score (nSPS) is 17.6. The van der Waals surface area contributed by atoms with Gasteiger partial charge in [-0.05, 0) is 6.07 Å². The van der Waals surface area contributed by atoms with Crippen molar-refractivity contribution in [1.29, 1.82) is 0 Å². The first kappa shape index (κ1) is 15.3. The average molecular weight is 330 g/mol. The van der Waals surface area contributed by atoms with E-state index in [0.29, 0.717) is 18.1 Å². The van der Waals surface area contributed by atoms with Crippen LogP contribution in [0.1, 0.15) is 11.1 Å². The minimum atomic E-state index is -0.110. The summed E-state index contributed by atoms with van der Waals surface area (Å²) < 4.78 is 0. The minimum absolute atomic E-state index is 0.110. The molecule has 25 heavy (non-hydrogen) atoms. The third-order valence-corrected chi connectivity index (χ3v) is 4.14. The van der Waals surface area contributed by atoms with Gasteiger partial charge in [0.1, 0.15) is 11.5 Å². The van der Waals surface area contributed by atoms with Gasteiger partial charge >= 0.3 is 0 Å². The van der Waals surface area contributed by atoms with Crippen LogP contribution in [-0.2, 0) is 4.79 Å². The number of hydrogen-bond acceptors (Lipinski definition) is 4. The van der Waals surface area contributed by atoms with Crippen LogP contribution in [0.3, 0.4) is 0 Å². The minimum Gasteiger partial charge on any atom is -0.382 e. The first-order valence-corrected chi connectivity index (χ1v) is 8.14. The lowest BCUT2D eigenvalue weighted by Crippen LogP contribution is -2.33. The van der Waals surface area contributed by atoms with Gasteiger partial charge in [-0.15, -0.1) is 0 Å². The molecule has 5 heteroatoms. The molecule has 0 atom stereocenters. The van der Waals surface area contributed by atoms with Gasteiger partial charge in [0, 0.05) is 31.4 Å². The maximum Gasteiger partial charge on any atom is 0.284 e. The second kappa shape index (κ2) is 6.02. The molecule has 0 aliphatic carbocycles. The molecule has 0 saturated carbocycles. The lowest BCUT2D eigenvalue weighted by atomic mass is 10.0. The molecule has 0 bridgehead atoms. The van der Waals surface area contributed by atoms with E-state index in [1.165, 1.54) is 0 Å². The fourth-order valence-electron chi connectivity index (χ4n) is 3.10. The first-order chi connectivity index (χ1) is 12.1. The molecular weight excluding hydrogens is 312 g/mol. The Bertz CT molecular complexity index is 926. The number of anilines is 1. The molecule has 2 aromatic rings. The number of rotatable bonds is 2. The summed E-state index contributed by atoms with van der Waals surface area (Å²) in [4.78, 5) is 25.7. The number of hydrogen-bond donors (Lipinski definition) is 0. The predicted molar refractivity (Wildman–Crippen MR) is 100 cm³/mol. The highest BCUT2D eigenvalue weighted by molar-refractivity contribution is 6.32. The second-order valence-corrected chi connectivity index (χ2v) is 6.19. The second-order valence-electron chi connectivity index (χ2n) is 6.19. The van der Waals surface area contributed by atoms with E-state index in [-0.39, 0.29) is 5.91 Å². The van der Waals surface area contributed by atoms with Crippen LogP contribution in [0, 0.1) is 0 Å². The highest BCUT2D eigenvalue weighted by atomic mass is 16.2. The lowest BCUT2D eigenvalue weighted by Gasteiger charge is -2.18. The molecule has 1 amide bonds. The van der Waals surface area contributed by atoms with Crippen LogP contribution >= 0.6 is 0 Å². The molecule has 0 aromatic heterocycles. The van der Waals surface area contributed by atoms with Crippen LogP contribution < -0.4 is 4.90 Å². The molecule has 2 aliphatic rings. The molecule has 0 radical (unpaired) electrons. The lowest BCUT2D eigenvalue weighted by molar-refractivity contribution is -0.114. The molecule has 4 rings (SSSR count). The summed E-state index contributed by atoms with van der Waals surface area (Å²) in [7, 11) is 3.76. The number of nitrogens with zero attached hydrogens (tertiary/aromatic N) is 4. The first-order valence-electron chi connectivity index (χ1n) is 8.14. The van der Waals surface area contributed by atoms with Gasteiger partial charge in [-0.1, -0.05) is 48.5 Å². The van der Waals surface area contributed by atoms with Crippen molar-refractivity contribution >= 4 is 23.1 Å². The van der Waals surface area contributed by atoms with Crippen molar-refractivity contribution in [3.8, 4) is 0 Å². The Labute approximate surface area is 146 Å². The molecule has 2 aliphatic heterocycles. The van der Waals surface area contributed by atoms with Crippen molar-refractivity contribution in [3.05, 3.63) is 77.6 Å². The van der Waals surface area contributed by atoms with Crippen molar-refractivity contribution in [3.63, 3.8) is 0 Å². The number of para-hydroxylation sites is 1. The Morgan fingerprint density at radius 1 is 1.04 bits per heavy atom. The van der Waals surface area contributed by atoms with Crippen molar-refractivity contribution in [1.82, 2.24) is 4.90 Å². The fraction of sp³-hybridized carbons (Fsp3) is 0.150. The SMILES string of the molecule is CN(C)C=C1N=C2CN=C(c3ccccc3)c3ccccc3N2C1=O. The maximum atomic E-state index is 12.9. The maximum absolute atomic E-state index is 12.9. The molecule has 5 nitrogen and oxygen atoms in total. The zero-order valence-electron chi connectivity index (χ0n) is 14.2.